The lowest BCUT2D eigenvalue weighted by atomic mass is 9.65. The number of nitrogens with zero attached hydrogens (tertiary/aromatic N) is 1. The molecule has 1 N–H and O–H groups in total. The summed E-state index contributed by atoms with van der Waals surface area (Å²) in [6.07, 6.45) is 9.74. The van der Waals surface area contributed by atoms with Gasteiger partial charge in [0.1, 0.15) is 11.4 Å². The summed E-state index contributed by atoms with van der Waals surface area (Å²) in [6, 6.07) is 12.1. The minimum absolute atomic E-state index is 0.121. The number of hydrogen-bond acceptors (Lipinski definition) is 6. The molecule has 4 aliphatic rings. The Balaban J connectivity index is 1.33. The van der Waals surface area contributed by atoms with Crippen LogP contribution in [0.1, 0.15) is 80.8 Å². The zero-order valence-corrected chi connectivity index (χ0v) is 26.8. The molecule has 7 heteroatoms. The molecule has 0 amide bonds. The molecule has 1 heterocycles. The summed E-state index contributed by atoms with van der Waals surface area (Å²) < 4.78 is 18.5. The van der Waals surface area contributed by atoms with Crippen molar-refractivity contribution in [1.82, 2.24) is 0 Å². The van der Waals surface area contributed by atoms with Crippen LogP contribution in [0.15, 0.2) is 48.0 Å². The predicted molar refractivity (Wildman–Crippen MR) is 170 cm³/mol. The van der Waals surface area contributed by atoms with Crippen molar-refractivity contribution in [3.05, 3.63) is 69.8 Å². The zero-order chi connectivity index (χ0) is 30.4. The van der Waals surface area contributed by atoms with Gasteiger partial charge in [0.15, 0.2) is 0 Å². The number of halogens is 1. The number of allylic oxidation sites excluding steroid dienone is 1. The molecule has 232 valence electrons. The van der Waals surface area contributed by atoms with Gasteiger partial charge in [0.05, 0.1) is 24.0 Å². The number of esters is 1. The number of aryl methyl sites for hydroxylation is 1. The Morgan fingerprint density at radius 1 is 1.21 bits per heavy atom. The van der Waals surface area contributed by atoms with Crippen LogP contribution in [-0.4, -0.2) is 56.2 Å². The molecule has 43 heavy (non-hydrogen) atoms. The molecule has 6 nitrogen and oxygen atoms in total. The number of rotatable bonds is 8. The highest BCUT2D eigenvalue weighted by Crippen LogP contribution is 2.48. The highest BCUT2D eigenvalue weighted by Gasteiger charge is 2.45. The number of carbonyl (C=O) groups excluding carboxylic acids is 1. The third kappa shape index (κ3) is 6.21. The lowest BCUT2D eigenvalue weighted by molar-refractivity contribution is 0.000130. The maximum atomic E-state index is 13.2. The SMILES string of the molecule is CO[C@@H](C1=C[C@H](CCO)C1)[C@@H]1CC[C@H]1CN1C[C@@]2(CCCc3cc(Cl)ccc32)COc2ccc(C(=O)OC(C)(C)C)cc21. The quantitative estimate of drug-likeness (QED) is 0.254. The van der Waals surface area contributed by atoms with E-state index in [1.54, 1.807) is 0 Å². The van der Waals surface area contributed by atoms with Crippen molar-refractivity contribution < 1.29 is 24.1 Å². The number of carbonyl (C=O) groups is 1. The predicted octanol–water partition coefficient (Wildman–Crippen LogP) is 7.14. The monoisotopic (exact) mass is 607 g/mol. The van der Waals surface area contributed by atoms with E-state index in [9.17, 15) is 9.90 Å². The Kier molecular flexibility index (Phi) is 8.58. The summed E-state index contributed by atoms with van der Waals surface area (Å²) in [7, 11) is 1.83. The molecule has 1 saturated carbocycles. The average molecular weight is 608 g/mol. The highest BCUT2D eigenvalue weighted by molar-refractivity contribution is 6.30. The minimum Gasteiger partial charge on any atom is -0.490 e. The second-order valence-corrected chi connectivity index (χ2v) is 14.6. The van der Waals surface area contributed by atoms with Gasteiger partial charge in [-0.05, 0) is 131 Å². The molecule has 2 aromatic carbocycles. The number of benzene rings is 2. The third-order valence-electron chi connectivity index (χ3n) is 10.1. The fourth-order valence-corrected chi connectivity index (χ4v) is 8.01. The summed E-state index contributed by atoms with van der Waals surface area (Å²) in [5.74, 6) is 1.88. The summed E-state index contributed by atoms with van der Waals surface area (Å²) in [4.78, 5) is 15.6. The Morgan fingerprint density at radius 2 is 2.02 bits per heavy atom. The maximum absolute atomic E-state index is 13.2. The summed E-state index contributed by atoms with van der Waals surface area (Å²) in [6.45, 7) is 8.19. The Labute approximate surface area is 261 Å². The summed E-state index contributed by atoms with van der Waals surface area (Å²) >= 11 is 6.44. The number of aliphatic hydroxyl groups is 1. The largest absolute Gasteiger partial charge is 0.490 e. The topological polar surface area (TPSA) is 68.2 Å². The van der Waals surface area contributed by atoms with E-state index in [0.717, 1.165) is 74.5 Å². The summed E-state index contributed by atoms with van der Waals surface area (Å²) in [5.41, 5.74) is 4.81. The van der Waals surface area contributed by atoms with Gasteiger partial charge in [-0.1, -0.05) is 23.7 Å². The molecule has 0 radical (unpaired) electrons. The van der Waals surface area contributed by atoms with Crippen LogP contribution in [0.25, 0.3) is 0 Å². The number of ether oxygens (including phenoxy) is 3. The van der Waals surface area contributed by atoms with E-state index >= 15 is 0 Å². The Hall–Kier alpha value is -2.54. The fraction of sp³-hybridized carbons (Fsp3) is 0.583. The first-order chi connectivity index (χ1) is 20.6. The highest BCUT2D eigenvalue weighted by atomic mass is 35.5. The number of aliphatic hydroxyl groups excluding tert-OH is 1. The van der Waals surface area contributed by atoms with Crippen molar-refractivity contribution >= 4 is 23.3 Å². The Morgan fingerprint density at radius 3 is 2.72 bits per heavy atom. The molecule has 2 aromatic rings. The van der Waals surface area contributed by atoms with E-state index in [-0.39, 0.29) is 24.1 Å². The molecule has 0 unspecified atom stereocenters. The van der Waals surface area contributed by atoms with Gasteiger partial charge in [-0.3, -0.25) is 0 Å². The molecule has 3 aliphatic carbocycles. The van der Waals surface area contributed by atoms with Crippen LogP contribution in [-0.2, 0) is 21.3 Å². The van der Waals surface area contributed by atoms with Gasteiger partial charge < -0.3 is 24.2 Å². The van der Waals surface area contributed by atoms with Gasteiger partial charge in [-0.15, -0.1) is 0 Å². The number of hydrogen-bond donors (Lipinski definition) is 1. The van der Waals surface area contributed by atoms with E-state index in [2.05, 4.69) is 23.1 Å². The van der Waals surface area contributed by atoms with Crippen molar-refractivity contribution in [3.63, 3.8) is 0 Å². The number of fused-ring (bicyclic) bond motifs is 3. The van der Waals surface area contributed by atoms with Crippen LogP contribution in [0, 0.1) is 17.8 Å². The van der Waals surface area contributed by atoms with E-state index in [4.69, 9.17) is 25.8 Å². The summed E-state index contributed by atoms with van der Waals surface area (Å²) in [5, 5.41) is 10.1. The minimum atomic E-state index is -0.572. The fourth-order valence-electron chi connectivity index (χ4n) is 7.82. The van der Waals surface area contributed by atoms with Gasteiger partial charge in [0, 0.05) is 37.2 Å². The molecule has 6 rings (SSSR count). The molecule has 0 saturated heterocycles. The third-order valence-corrected chi connectivity index (χ3v) is 10.3. The van der Waals surface area contributed by atoms with Crippen molar-refractivity contribution in [2.24, 2.45) is 17.8 Å². The molecule has 5 atom stereocenters. The van der Waals surface area contributed by atoms with Gasteiger partial charge >= 0.3 is 5.97 Å². The van der Waals surface area contributed by atoms with Crippen LogP contribution in [0.4, 0.5) is 5.69 Å². The maximum Gasteiger partial charge on any atom is 0.338 e. The van der Waals surface area contributed by atoms with Crippen LogP contribution >= 0.6 is 11.6 Å². The van der Waals surface area contributed by atoms with Crippen LogP contribution in [0.2, 0.25) is 5.02 Å². The van der Waals surface area contributed by atoms with E-state index < -0.39 is 5.60 Å². The average Bonchev–Trinajstić information content (AvgIpc) is 3.07. The van der Waals surface area contributed by atoms with Crippen LogP contribution < -0.4 is 9.64 Å². The zero-order valence-electron chi connectivity index (χ0n) is 26.0. The van der Waals surface area contributed by atoms with Gasteiger partial charge in [-0.25, -0.2) is 4.79 Å². The van der Waals surface area contributed by atoms with Gasteiger partial charge in [0.25, 0.3) is 0 Å². The second kappa shape index (κ2) is 12.1. The van der Waals surface area contributed by atoms with E-state index in [0.29, 0.717) is 29.9 Å². The van der Waals surface area contributed by atoms with Crippen molar-refractivity contribution in [2.45, 2.75) is 82.8 Å². The van der Waals surface area contributed by atoms with Crippen LogP contribution in [0.5, 0.6) is 5.75 Å². The lowest BCUT2D eigenvalue weighted by Gasteiger charge is -2.47. The lowest BCUT2D eigenvalue weighted by Crippen LogP contribution is -2.50. The molecule has 1 fully saturated rings. The standard InChI is InChI=1S/C36H46ClNO5/c1-35(2,3)43-34(40)25-8-12-32-31(19-25)38(20-26-7-10-29(26)33(41-4)27-16-23(17-27)13-15-39)21-36(22-42-32)14-5-6-24-18-28(37)9-11-30(24)36/h8-9,11-12,16,18-19,23,26,29,33,39H,5-7,10,13-15,17,20-22H2,1-4H3/t23-,26-,29+,33-,36-/m0/s1. The normalized spacial score (nSPS) is 27.1. The molecular weight excluding hydrogens is 562 g/mol. The van der Waals surface area contributed by atoms with E-state index in [1.807, 2.05) is 52.1 Å². The molecule has 0 bridgehead atoms. The van der Waals surface area contributed by atoms with E-state index in [1.165, 1.54) is 16.7 Å². The molecule has 1 aliphatic heterocycles. The first-order valence-corrected chi connectivity index (χ1v) is 16.4. The van der Waals surface area contributed by atoms with Gasteiger partial charge in [-0.2, -0.15) is 0 Å². The first kappa shape index (κ1) is 30.5. The number of anilines is 1. The smallest absolute Gasteiger partial charge is 0.338 e. The van der Waals surface area contributed by atoms with Crippen LogP contribution in [0.3, 0.4) is 0 Å². The first-order valence-electron chi connectivity index (χ1n) is 16.0. The second-order valence-electron chi connectivity index (χ2n) is 14.2. The van der Waals surface area contributed by atoms with Crippen molar-refractivity contribution in [1.29, 1.82) is 0 Å². The van der Waals surface area contributed by atoms with Crippen molar-refractivity contribution in [3.8, 4) is 5.75 Å². The molecule has 0 aromatic heterocycles. The number of methoxy groups -OCH3 is 1. The van der Waals surface area contributed by atoms with Gasteiger partial charge in [0.2, 0.25) is 0 Å². The Bertz CT molecular complexity index is 1380. The van der Waals surface area contributed by atoms with Crippen molar-refractivity contribution in [2.75, 3.05) is 38.3 Å². The molecule has 1 spiro atoms. The molecular formula is C36H46ClNO5.